The second-order valence-corrected chi connectivity index (χ2v) is 6.64. The van der Waals surface area contributed by atoms with Gasteiger partial charge in [0, 0.05) is 29.7 Å². The number of aromatic nitrogens is 3. The highest BCUT2D eigenvalue weighted by Crippen LogP contribution is 2.23. The summed E-state index contributed by atoms with van der Waals surface area (Å²) in [6.07, 6.45) is 4.64. The van der Waals surface area contributed by atoms with Crippen LogP contribution in [0.4, 0.5) is 0 Å². The number of guanidine groups is 1. The molecule has 0 fully saturated rings. The molecule has 7 nitrogen and oxygen atoms in total. The molecule has 27 heavy (non-hydrogen) atoms. The third-order valence-corrected chi connectivity index (χ3v) is 4.07. The Kier molecular flexibility index (Phi) is 11.7. The maximum atomic E-state index is 10.3. The lowest BCUT2D eigenvalue weighted by Crippen LogP contribution is -2.38. The number of aliphatic hydroxyl groups is 1. The fraction of sp³-hybridized carbons (Fsp3) is 0.471. The summed E-state index contributed by atoms with van der Waals surface area (Å²) in [5, 5.41) is 25.3. The molecule has 1 unspecified atom stereocenters. The van der Waals surface area contributed by atoms with Gasteiger partial charge in [-0.2, -0.15) is 0 Å². The molecule has 0 amide bonds. The maximum absolute atomic E-state index is 10.3. The summed E-state index contributed by atoms with van der Waals surface area (Å²) in [6.45, 7) is 4.62. The van der Waals surface area contributed by atoms with Crippen molar-refractivity contribution in [1.29, 1.82) is 0 Å². The van der Waals surface area contributed by atoms with E-state index in [1.165, 1.54) is 0 Å². The Balaban J connectivity index is 0.00000364. The summed E-state index contributed by atoms with van der Waals surface area (Å²) in [4.78, 5) is 4.43. The van der Waals surface area contributed by atoms with E-state index in [1.807, 2.05) is 11.5 Å². The third kappa shape index (κ3) is 9.09. The van der Waals surface area contributed by atoms with Crippen molar-refractivity contribution in [3.05, 3.63) is 46.5 Å². The first kappa shape index (κ1) is 23.9. The molecule has 1 atom stereocenters. The normalized spacial score (nSPS) is 12.4. The van der Waals surface area contributed by atoms with Gasteiger partial charge >= 0.3 is 0 Å². The molecule has 0 aliphatic carbocycles. The summed E-state index contributed by atoms with van der Waals surface area (Å²) in [7, 11) is 0. The van der Waals surface area contributed by atoms with Gasteiger partial charge in [0.1, 0.15) is 12.7 Å². The number of rotatable bonds is 9. The SMILES string of the molecule is CCNC(=NCC(O)c1cc(Cl)cc(Cl)c1)NCCCCn1cnnc1.I. The Morgan fingerprint density at radius 1 is 1.15 bits per heavy atom. The highest BCUT2D eigenvalue weighted by Gasteiger charge is 2.09. The van der Waals surface area contributed by atoms with Crippen molar-refractivity contribution in [3.63, 3.8) is 0 Å². The summed E-state index contributed by atoms with van der Waals surface area (Å²) in [5.41, 5.74) is 0.649. The van der Waals surface area contributed by atoms with Crippen LogP contribution in [0.3, 0.4) is 0 Å². The summed E-state index contributed by atoms with van der Waals surface area (Å²) in [5.74, 6) is 0.670. The van der Waals surface area contributed by atoms with Crippen LogP contribution >= 0.6 is 47.2 Å². The van der Waals surface area contributed by atoms with Gasteiger partial charge in [-0.1, -0.05) is 23.2 Å². The fourth-order valence-corrected chi connectivity index (χ4v) is 2.90. The van der Waals surface area contributed by atoms with Crippen LogP contribution in [0, 0.1) is 0 Å². The number of unbranched alkanes of at least 4 members (excludes halogenated alkanes) is 1. The van der Waals surface area contributed by atoms with Crippen molar-refractivity contribution in [2.75, 3.05) is 19.6 Å². The van der Waals surface area contributed by atoms with Crippen molar-refractivity contribution in [3.8, 4) is 0 Å². The first-order valence-corrected chi connectivity index (χ1v) is 9.32. The Hall–Kier alpha value is -1.10. The van der Waals surface area contributed by atoms with Crippen LogP contribution in [0.25, 0.3) is 0 Å². The predicted octanol–water partition coefficient (Wildman–Crippen LogP) is 3.27. The Morgan fingerprint density at radius 2 is 1.81 bits per heavy atom. The number of nitrogens with zero attached hydrogens (tertiary/aromatic N) is 4. The van der Waals surface area contributed by atoms with Gasteiger partial charge in [-0.25, -0.2) is 0 Å². The van der Waals surface area contributed by atoms with Crippen molar-refractivity contribution in [1.82, 2.24) is 25.4 Å². The van der Waals surface area contributed by atoms with Gasteiger partial charge in [-0.05, 0) is 43.5 Å². The highest BCUT2D eigenvalue weighted by atomic mass is 127. The molecule has 0 bridgehead atoms. The number of aryl methyl sites for hydroxylation is 1. The van der Waals surface area contributed by atoms with Gasteiger partial charge in [0.05, 0.1) is 12.6 Å². The summed E-state index contributed by atoms with van der Waals surface area (Å²) in [6, 6.07) is 5.02. The van der Waals surface area contributed by atoms with E-state index in [0.29, 0.717) is 21.6 Å². The fourth-order valence-electron chi connectivity index (χ4n) is 2.36. The van der Waals surface area contributed by atoms with Crippen LogP contribution < -0.4 is 10.6 Å². The zero-order chi connectivity index (χ0) is 18.8. The third-order valence-electron chi connectivity index (χ3n) is 3.64. The molecule has 2 rings (SSSR count). The monoisotopic (exact) mass is 526 g/mol. The first-order chi connectivity index (χ1) is 12.6. The first-order valence-electron chi connectivity index (χ1n) is 8.57. The number of halogens is 3. The van der Waals surface area contributed by atoms with E-state index < -0.39 is 6.10 Å². The predicted molar refractivity (Wildman–Crippen MR) is 120 cm³/mol. The maximum Gasteiger partial charge on any atom is 0.191 e. The number of benzene rings is 1. The highest BCUT2D eigenvalue weighted by molar-refractivity contribution is 14.0. The Morgan fingerprint density at radius 3 is 2.44 bits per heavy atom. The second kappa shape index (κ2) is 13.1. The van der Waals surface area contributed by atoms with Gasteiger partial charge in [0.2, 0.25) is 0 Å². The van der Waals surface area contributed by atoms with Crippen molar-refractivity contribution < 1.29 is 5.11 Å². The van der Waals surface area contributed by atoms with Crippen molar-refractivity contribution in [2.24, 2.45) is 4.99 Å². The molecule has 1 aromatic heterocycles. The van der Waals surface area contributed by atoms with Crippen LogP contribution in [0.2, 0.25) is 10.0 Å². The van der Waals surface area contributed by atoms with Crippen LogP contribution in [-0.4, -0.2) is 45.5 Å². The molecule has 1 heterocycles. The second-order valence-electron chi connectivity index (χ2n) is 5.77. The minimum atomic E-state index is -0.768. The van der Waals surface area contributed by atoms with E-state index >= 15 is 0 Å². The molecule has 150 valence electrons. The smallest absolute Gasteiger partial charge is 0.191 e. The zero-order valence-corrected chi connectivity index (χ0v) is 18.9. The molecule has 0 spiro atoms. The molecule has 0 radical (unpaired) electrons. The Labute approximate surface area is 186 Å². The summed E-state index contributed by atoms with van der Waals surface area (Å²) < 4.78 is 1.95. The number of aliphatic imine (C=N–C) groups is 1. The molecule has 2 aromatic rings. The molecule has 10 heteroatoms. The standard InChI is InChI=1S/C17H24Cl2N6O.HI/c1-2-20-17(21-5-3-4-6-25-11-23-24-12-25)22-10-16(26)13-7-14(18)9-15(19)8-13;/h7-9,11-12,16,26H,2-6,10H2,1H3,(H2,20,21,22);1H. The van der Waals surface area contributed by atoms with E-state index in [2.05, 4.69) is 25.8 Å². The topological polar surface area (TPSA) is 87.4 Å². The van der Waals surface area contributed by atoms with Gasteiger partial charge in [0.25, 0.3) is 0 Å². The van der Waals surface area contributed by atoms with Gasteiger partial charge in [-0.3, -0.25) is 4.99 Å². The van der Waals surface area contributed by atoms with E-state index in [9.17, 15) is 5.11 Å². The van der Waals surface area contributed by atoms with Crippen LogP contribution in [0.5, 0.6) is 0 Å². The molecular weight excluding hydrogens is 502 g/mol. The molecule has 0 saturated carbocycles. The lowest BCUT2D eigenvalue weighted by atomic mass is 10.1. The number of nitrogens with one attached hydrogen (secondary N) is 2. The van der Waals surface area contributed by atoms with Crippen LogP contribution in [0.15, 0.2) is 35.8 Å². The van der Waals surface area contributed by atoms with Crippen molar-refractivity contribution >= 4 is 53.1 Å². The molecule has 0 aliphatic rings. The van der Waals surface area contributed by atoms with Gasteiger partial charge < -0.3 is 20.3 Å². The van der Waals surface area contributed by atoms with E-state index in [0.717, 1.165) is 32.5 Å². The molecule has 0 aliphatic heterocycles. The quantitative estimate of drug-likeness (QED) is 0.202. The van der Waals surface area contributed by atoms with Crippen LogP contribution in [-0.2, 0) is 6.54 Å². The Bertz CT molecular complexity index is 678. The largest absolute Gasteiger partial charge is 0.386 e. The van der Waals surface area contributed by atoms with E-state index in [4.69, 9.17) is 23.2 Å². The van der Waals surface area contributed by atoms with Gasteiger partial charge in [0.15, 0.2) is 5.96 Å². The lowest BCUT2D eigenvalue weighted by molar-refractivity contribution is 0.187. The molecule has 1 aromatic carbocycles. The minimum absolute atomic E-state index is 0. The lowest BCUT2D eigenvalue weighted by Gasteiger charge is -2.14. The molecule has 3 N–H and O–H groups in total. The van der Waals surface area contributed by atoms with E-state index in [1.54, 1.807) is 30.9 Å². The number of hydrogen-bond acceptors (Lipinski definition) is 4. The number of aliphatic hydroxyl groups excluding tert-OH is 1. The van der Waals surface area contributed by atoms with Gasteiger partial charge in [-0.15, -0.1) is 34.2 Å². The average Bonchev–Trinajstić information content (AvgIpc) is 3.11. The minimum Gasteiger partial charge on any atom is -0.386 e. The summed E-state index contributed by atoms with van der Waals surface area (Å²) >= 11 is 12.0. The van der Waals surface area contributed by atoms with Crippen LogP contribution in [0.1, 0.15) is 31.4 Å². The number of hydrogen-bond donors (Lipinski definition) is 3. The van der Waals surface area contributed by atoms with Crippen molar-refractivity contribution in [2.45, 2.75) is 32.4 Å². The van der Waals surface area contributed by atoms with E-state index in [-0.39, 0.29) is 30.5 Å². The average molecular weight is 527 g/mol. The molecule has 0 saturated heterocycles. The molecular formula is C17H25Cl2IN6O. The zero-order valence-electron chi connectivity index (χ0n) is 15.1.